The molecule has 0 aliphatic carbocycles. The van der Waals surface area contributed by atoms with E-state index in [0.717, 1.165) is 12.1 Å². The van der Waals surface area contributed by atoms with E-state index in [1.54, 1.807) is 30.3 Å². The molecule has 0 amide bonds. The van der Waals surface area contributed by atoms with Gasteiger partial charge in [0.05, 0.1) is 17.9 Å². The van der Waals surface area contributed by atoms with Crippen LogP contribution in [0.3, 0.4) is 0 Å². The van der Waals surface area contributed by atoms with Gasteiger partial charge in [-0.05, 0) is 30.7 Å². The molecule has 0 bridgehead atoms. The summed E-state index contributed by atoms with van der Waals surface area (Å²) in [5.74, 6) is 0.694. The van der Waals surface area contributed by atoms with Crippen molar-refractivity contribution >= 4 is 28.7 Å². The molecule has 5 heteroatoms. The third kappa shape index (κ3) is 4.04. The van der Waals surface area contributed by atoms with E-state index in [1.165, 1.54) is 0 Å². The number of hydrogen-bond donors (Lipinski definition) is 2. The van der Waals surface area contributed by atoms with Crippen molar-refractivity contribution in [2.24, 2.45) is 0 Å². The molecule has 2 rings (SSSR count). The number of halogens is 1. The van der Waals surface area contributed by atoms with Gasteiger partial charge in [-0.3, -0.25) is 0 Å². The second-order valence-corrected chi connectivity index (χ2v) is 5.00. The summed E-state index contributed by atoms with van der Waals surface area (Å²) in [6.45, 7) is 2.67. The first kappa shape index (κ1) is 15.0. The average Bonchev–Trinajstić information content (AvgIpc) is 2.45. The highest BCUT2D eigenvalue weighted by atomic mass is 35.5. The van der Waals surface area contributed by atoms with Crippen molar-refractivity contribution in [3.8, 4) is 11.8 Å². The molecular weight excluding hydrogens is 286 g/mol. The normalized spacial score (nSPS) is 9.95. The van der Waals surface area contributed by atoms with Crippen LogP contribution in [0.2, 0.25) is 5.02 Å². The Kier molecular flexibility index (Phi) is 4.91. The first-order chi connectivity index (χ1) is 10.1. The molecule has 2 aromatic rings. The summed E-state index contributed by atoms with van der Waals surface area (Å²) in [6, 6.07) is 12.6. The molecule has 108 valence electrons. The van der Waals surface area contributed by atoms with Gasteiger partial charge in [-0.25, -0.2) is 0 Å². The van der Waals surface area contributed by atoms with Gasteiger partial charge in [0, 0.05) is 28.5 Å². The van der Waals surface area contributed by atoms with Gasteiger partial charge >= 0.3 is 0 Å². The van der Waals surface area contributed by atoms with Gasteiger partial charge in [-0.2, -0.15) is 5.26 Å². The highest BCUT2D eigenvalue weighted by molar-refractivity contribution is 6.30. The van der Waals surface area contributed by atoms with Crippen molar-refractivity contribution in [3.05, 3.63) is 47.0 Å². The zero-order valence-electron chi connectivity index (χ0n) is 11.7. The van der Waals surface area contributed by atoms with Gasteiger partial charge in [-0.1, -0.05) is 18.5 Å². The summed E-state index contributed by atoms with van der Waals surface area (Å²) >= 11 is 5.97. The maximum absolute atomic E-state index is 9.13. The smallest absolute Gasteiger partial charge is 0.123 e. The van der Waals surface area contributed by atoms with Gasteiger partial charge in [0.2, 0.25) is 0 Å². The minimum atomic E-state index is 0.512. The van der Waals surface area contributed by atoms with E-state index in [2.05, 4.69) is 11.4 Å². The summed E-state index contributed by atoms with van der Waals surface area (Å²) in [5, 5.41) is 12.8. The third-order valence-corrected chi connectivity index (χ3v) is 3.02. The van der Waals surface area contributed by atoms with E-state index in [0.29, 0.717) is 34.3 Å². The Labute approximate surface area is 129 Å². The van der Waals surface area contributed by atoms with Crippen LogP contribution in [0.25, 0.3) is 0 Å². The van der Waals surface area contributed by atoms with Crippen molar-refractivity contribution < 1.29 is 4.74 Å². The maximum atomic E-state index is 9.13. The van der Waals surface area contributed by atoms with Crippen molar-refractivity contribution in [2.45, 2.75) is 13.3 Å². The third-order valence-electron chi connectivity index (χ3n) is 2.78. The number of hydrogen-bond acceptors (Lipinski definition) is 4. The van der Waals surface area contributed by atoms with Crippen LogP contribution in [0.1, 0.15) is 18.9 Å². The largest absolute Gasteiger partial charge is 0.493 e. The summed E-state index contributed by atoms with van der Waals surface area (Å²) in [7, 11) is 0. The highest BCUT2D eigenvalue weighted by Gasteiger charge is 2.06. The van der Waals surface area contributed by atoms with Crippen molar-refractivity contribution in [3.63, 3.8) is 0 Å². The highest BCUT2D eigenvalue weighted by Crippen LogP contribution is 2.28. The molecule has 0 aromatic heterocycles. The van der Waals surface area contributed by atoms with Gasteiger partial charge in [0.15, 0.2) is 0 Å². The summed E-state index contributed by atoms with van der Waals surface area (Å²) < 4.78 is 5.58. The number of rotatable bonds is 5. The van der Waals surface area contributed by atoms with Crippen LogP contribution in [-0.2, 0) is 0 Å². The van der Waals surface area contributed by atoms with E-state index in [4.69, 9.17) is 27.3 Å². The first-order valence-electron chi connectivity index (χ1n) is 6.62. The van der Waals surface area contributed by atoms with Crippen LogP contribution >= 0.6 is 11.6 Å². The number of benzene rings is 2. The Morgan fingerprint density at radius 3 is 2.81 bits per heavy atom. The quantitative estimate of drug-likeness (QED) is 0.806. The monoisotopic (exact) mass is 301 g/mol. The second-order valence-electron chi connectivity index (χ2n) is 4.57. The molecule has 2 aromatic carbocycles. The number of ether oxygens (including phenoxy) is 1. The van der Waals surface area contributed by atoms with E-state index < -0.39 is 0 Å². The van der Waals surface area contributed by atoms with Crippen LogP contribution < -0.4 is 15.8 Å². The summed E-state index contributed by atoms with van der Waals surface area (Å²) in [5.41, 5.74) is 8.36. The minimum Gasteiger partial charge on any atom is -0.493 e. The molecule has 3 N–H and O–H groups in total. The summed E-state index contributed by atoms with van der Waals surface area (Å²) in [6.07, 6.45) is 0.921. The maximum Gasteiger partial charge on any atom is 0.123 e. The lowest BCUT2D eigenvalue weighted by atomic mass is 10.2. The standard InChI is InChI=1S/C16H16ClN3O/c1-2-5-21-15-8-13(19)7-14(9-15)20-16-6-12(17)4-3-11(16)10-18/h3-4,6-9,20H,2,5,19H2,1H3. The van der Waals surface area contributed by atoms with E-state index in [1.807, 2.05) is 13.0 Å². The lowest BCUT2D eigenvalue weighted by molar-refractivity contribution is 0.318. The molecule has 0 aliphatic heterocycles. The molecule has 0 spiro atoms. The van der Waals surface area contributed by atoms with Gasteiger partial charge in [0.25, 0.3) is 0 Å². The fraction of sp³-hybridized carbons (Fsp3) is 0.188. The predicted octanol–water partition coefficient (Wildman–Crippen LogP) is 4.33. The average molecular weight is 302 g/mol. The van der Waals surface area contributed by atoms with Crippen molar-refractivity contribution in [2.75, 3.05) is 17.7 Å². The Hall–Kier alpha value is -2.38. The number of nitrogen functional groups attached to an aromatic ring is 1. The molecule has 0 heterocycles. The minimum absolute atomic E-state index is 0.512. The molecule has 21 heavy (non-hydrogen) atoms. The van der Waals surface area contributed by atoms with Crippen molar-refractivity contribution in [1.29, 1.82) is 5.26 Å². The molecule has 0 fully saturated rings. The second kappa shape index (κ2) is 6.87. The Balaban J connectivity index is 2.29. The zero-order chi connectivity index (χ0) is 15.2. The van der Waals surface area contributed by atoms with E-state index in [-0.39, 0.29) is 0 Å². The van der Waals surface area contributed by atoms with Gasteiger partial charge in [0.1, 0.15) is 11.8 Å². The van der Waals surface area contributed by atoms with Crippen LogP contribution in [0, 0.1) is 11.3 Å². The van der Waals surface area contributed by atoms with Crippen LogP contribution in [0.4, 0.5) is 17.1 Å². The predicted molar refractivity (Wildman–Crippen MR) is 86.1 cm³/mol. The molecule has 0 atom stereocenters. The van der Waals surface area contributed by atoms with E-state index >= 15 is 0 Å². The summed E-state index contributed by atoms with van der Waals surface area (Å²) in [4.78, 5) is 0. The number of nitrogens with zero attached hydrogens (tertiary/aromatic N) is 1. The molecule has 0 saturated carbocycles. The Morgan fingerprint density at radius 1 is 1.29 bits per heavy atom. The topological polar surface area (TPSA) is 71.1 Å². The Bertz CT molecular complexity index is 680. The molecule has 0 aliphatic rings. The fourth-order valence-electron chi connectivity index (χ4n) is 1.87. The molecular formula is C16H16ClN3O. The molecule has 4 nitrogen and oxygen atoms in total. The lowest BCUT2D eigenvalue weighted by Gasteiger charge is -2.12. The first-order valence-corrected chi connectivity index (χ1v) is 7.00. The van der Waals surface area contributed by atoms with Gasteiger partial charge < -0.3 is 15.8 Å². The number of nitrogens with one attached hydrogen (secondary N) is 1. The fourth-order valence-corrected chi connectivity index (χ4v) is 2.04. The van der Waals surface area contributed by atoms with Crippen LogP contribution in [0.5, 0.6) is 5.75 Å². The molecule has 0 unspecified atom stereocenters. The number of nitriles is 1. The van der Waals surface area contributed by atoms with E-state index in [9.17, 15) is 0 Å². The SMILES string of the molecule is CCCOc1cc(N)cc(Nc2cc(Cl)ccc2C#N)c1. The van der Waals surface area contributed by atoms with Crippen molar-refractivity contribution in [1.82, 2.24) is 0 Å². The van der Waals surface area contributed by atoms with Crippen LogP contribution in [-0.4, -0.2) is 6.61 Å². The van der Waals surface area contributed by atoms with Gasteiger partial charge in [-0.15, -0.1) is 0 Å². The lowest BCUT2D eigenvalue weighted by Crippen LogP contribution is -1.99. The zero-order valence-corrected chi connectivity index (χ0v) is 12.4. The van der Waals surface area contributed by atoms with Crippen LogP contribution in [0.15, 0.2) is 36.4 Å². The molecule has 0 radical (unpaired) electrons. The Morgan fingerprint density at radius 2 is 2.10 bits per heavy atom. The number of nitrogens with two attached hydrogens (primary N) is 1. The molecule has 0 saturated heterocycles. The number of anilines is 3.